The average Bonchev–Trinajstić information content (AvgIpc) is 3.53. The highest BCUT2D eigenvalue weighted by molar-refractivity contribution is 5.90. The van der Waals surface area contributed by atoms with E-state index in [0.29, 0.717) is 6.54 Å². The molecule has 2 fully saturated rings. The first kappa shape index (κ1) is 26.7. The van der Waals surface area contributed by atoms with Gasteiger partial charge >= 0.3 is 0 Å². The van der Waals surface area contributed by atoms with E-state index < -0.39 is 0 Å². The predicted octanol–water partition coefficient (Wildman–Crippen LogP) is 5.07. The minimum Gasteiger partial charge on any atom is -0.354 e. The summed E-state index contributed by atoms with van der Waals surface area (Å²) in [5.74, 6) is 0.184. The Morgan fingerprint density at radius 1 is 0.882 bits per heavy atom. The Balaban J connectivity index is 1.34. The van der Waals surface area contributed by atoms with Crippen LogP contribution in [0, 0.1) is 0 Å². The molecule has 2 atom stereocenters. The zero-order chi connectivity index (χ0) is 24.0. The Hall–Kier alpha value is -1.95. The second kappa shape index (κ2) is 15.1. The van der Waals surface area contributed by atoms with Crippen molar-refractivity contribution in [3.8, 4) is 0 Å². The van der Waals surface area contributed by atoms with Gasteiger partial charge in [0.15, 0.2) is 0 Å². The van der Waals surface area contributed by atoms with Crippen molar-refractivity contribution in [2.45, 2.75) is 115 Å². The van der Waals surface area contributed by atoms with Gasteiger partial charge in [-0.15, -0.1) is 0 Å². The maximum absolute atomic E-state index is 13.4. The molecule has 6 heteroatoms. The Morgan fingerprint density at radius 3 is 2.21 bits per heavy atom. The second-order valence-corrected chi connectivity index (χ2v) is 10.1. The number of likely N-dealkylation sites (tertiary alicyclic amines) is 2. The Bertz CT molecular complexity index is 726. The summed E-state index contributed by atoms with van der Waals surface area (Å²) < 4.78 is 0. The van der Waals surface area contributed by atoms with Crippen molar-refractivity contribution >= 4 is 11.8 Å². The van der Waals surface area contributed by atoms with Gasteiger partial charge in [-0.1, -0.05) is 64.7 Å². The lowest BCUT2D eigenvalue weighted by molar-refractivity contribution is -0.142. The predicted molar refractivity (Wildman–Crippen MR) is 137 cm³/mol. The van der Waals surface area contributed by atoms with Gasteiger partial charge in [0.2, 0.25) is 11.8 Å². The van der Waals surface area contributed by atoms with E-state index in [1.54, 1.807) is 12.4 Å². The molecular weight excluding hydrogens is 424 g/mol. The summed E-state index contributed by atoms with van der Waals surface area (Å²) in [6.45, 7) is 5.39. The van der Waals surface area contributed by atoms with Crippen molar-refractivity contribution in [3.63, 3.8) is 0 Å². The number of carbonyl (C=O) groups is 2. The number of rotatable bonds is 15. The Kier molecular flexibility index (Phi) is 11.9. The van der Waals surface area contributed by atoms with Gasteiger partial charge in [-0.05, 0) is 56.3 Å². The molecule has 1 N–H and O–H groups in total. The minimum atomic E-state index is -0.293. The van der Waals surface area contributed by atoms with E-state index in [1.807, 2.05) is 17.0 Å². The van der Waals surface area contributed by atoms with E-state index >= 15 is 0 Å². The highest BCUT2D eigenvalue weighted by atomic mass is 16.2. The van der Waals surface area contributed by atoms with Crippen molar-refractivity contribution in [3.05, 3.63) is 30.1 Å². The molecule has 0 saturated carbocycles. The minimum absolute atomic E-state index is 0.0421. The number of pyridine rings is 1. The van der Waals surface area contributed by atoms with Crippen LogP contribution >= 0.6 is 0 Å². The fourth-order valence-corrected chi connectivity index (χ4v) is 5.45. The summed E-state index contributed by atoms with van der Waals surface area (Å²) in [5, 5.41) is 3.12. The fourth-order valence-electron chi connectivity index (χ4n) is 5.45. The van der Waals surface area contributed by atoms with Crippen molar-refractivity contribution < 1.29 is 9.59 Å². The van der Waals surface area contributed by atoms with Crippen LogP contribution in [0.3, 0.4) is 0 Å². The Morgan fingerprint density at radius 2 is 1.50 bits per heavy atom. The third-order valence-electron chi connectivity index (χ3n) is 7.45. The van der Waals surface area contributed by atoms with Gasteiger partial charge in [-0.25, -0.2) is 0 Å². The molecule has 0 bridgehead atoms. The van der Waals surface area contributed by atoms with Gasteiger partial charge < -0.3 is 10.2 Å². The summed E-state index contributed by atoms with van der Waals surface area (Å²) in [6, 6.07) is 3.63. The molecule has 190 valence electrons. The van der Waals surface area contributed by atoms with Gasteiger partial charge in [0.05, 0.1) is 6.04 Å². The summed E-state index contributed by atoms with van der Waals surface area (Å²) in [5.41, 5.74) is 1.18. The van der Waals surface area contributed by atoms with Gasteiger partial charge in [-0.2, -0.15) is 0 Å². The molecule has 0 aliphatic carbocycles. The fraction of sp³-hybridized carbons (Fsp3) is 0.750. The lowest BCUT2D eigenvalue weighted by Crippen LogP contribution is -2.51. The number of hydrogen-bond acceptors (Lipinski definition) is 4. The number of hydrogen-bond donors (Lipinski definition) is 1. The van der Waals surface area contributed by atoms with Crippen LogP contribution in [-0.4, -0.2) is 58.3 Å². The second-order valence-electron chi connectivity index (χ2n) is 10.1. The van der Waals surface area contributed by atoms with Crippen LogP contribution < -0.4 is 5.32 Å². The number of unbranched alkanes of at least 4 members (excludes halogenated alkanes) is 9. The molecule has 34 heavy (non-hydrogen) atoms. The zero-order valence-electron chi connectivity index (χ0n) is 21.4. The molecular formula is C28H46N4O2. The van der Waals surface area contributed by atoms with Gasteiger partial charge in [0.1, 0.15) is 6.04 Å². The molecule has 1 aromatic rings. The lowest BCUT2D eigenvalue weighted by Gasteiger charge is -2.31. The molecule has 0 radical (unpaired) electrons. The van der Waals surface area contributed by atoms with E-state index in [2.05, 4.69) is 22.1 Å². The van der Waals surface area contributed by atoms with E-state index in [0.717, 1.165) is 51.7 Å². The van der Waals surface area contributed by atoms with Crippen molar-refractivity contribution in [1.29, 1.82) is 0 Å². The van der Waals surface area contributed by atoms with Gasteiger partial charge in [0.25, 0.3) is 0 Å². The summed E-state index contributed by atoms with van der Waals surface area (Å²) >= 11 is 0. The summed E-state index contributed by atoms with van der Waals surface area (Å²) in [7, 11) is 0. The van der Waals surface area contributed by atoms with Crippen LogP contribution in [0.1, 0.15) is 102 Å². The molecule has 6 nitrogen and oxygen atoms in total. The standard InChI is InChI=1S/C28H46N4O2/c1-2-3-4-5-6-7-8-9-10-11-18-30-27(33)25-14-13-22-32(25)28(34)26-15-12-21-31(26)23-24-16-19-29-20-17-24/h16-17,19-20,25-26H,2-15,18,21-23H2,1H3,(H,30,33). The van der Waals surface area contributed by atoms with Crippen LogP contribution in [0.15, 0.2) is 24.5 Å². The van der Waals surface area contributed by atoms with Crippen LogP contribution in [0.25, 0.3) is 0 Å². The van der Waals surface area contributed by atoms with E-state index in [4.69, 9.17) is 0 Å². The monoisotopic (exact) mass is 470 g/mol. The van der Waals surface area contributed by atoms with Crippen molar-refractivity contribution in [1.82, 2.24) is 20.1 Å². The molecule has 2 aliphatic rings. The number of aromatic nitrogens is 1. The van der Waals surface area contributed by atoms with Gasteiger partial charge in [-0.3, -0.25) is 19.5 Å². The quantitative estimate of drug-likeness (QED) is 0.363. The van der Waals surface area contributed by atoms with Crippen molar-refractivity contribution in [2.24, 2.45) is 0 Å². The molecule has 0 aromatic carbocycles. The van der Waals surface area contributed by atoms with E-state index in [1.165, 1.54) is 63.4 Å². The van der Waals surface area contributed by atoms with Crippen LogP contribution in [-0.2, 0) is 16.1 Å². The number of amides is 2. The first-order valence-electron chi connectivity index (χ1n) is 13.9. The number of carbonyl (C=O) groups excluding carboxylic acids is 2. The molecule has 1 aromatic heterocycles. The van der Waals surface area contributed by atoms with Crippen LogP contribution in [0.5, 0.6) is 0 Å². The molecule has 3 heterocycles. The highest BCUT2D eigenvalue weighted by Crippen LogP contribution is 2.26. The third kappa shape index (κ3) is 8.37. The largest absolute Gasteiger partial charge is 0.354 e. The first-order valence-corrected chi connectivity index (χ1v) is 13.9. The van der Waals surface area contributed by atoms with E-state index in [-0.39, 0.29) is 23.9 Å². The molecule has 2 unspecified atom stereocenters. The number of nitrogens with zero attached hydrogens (tertiary/aromatic N) is 3. The third-order valence-corrected chi connectivity index (χ3v) is 7.45. The SMILES string of the molecule is CCCCCCCCCCCCNC(=O)C1CCCN1C(=O)C1CCCN1Cc1ccncc1. The van der Waals surface area contributed by atoms with Gasteiger partial charge in [0, 0.05) is 32.0 Å². The maximum Gasteiger partial charge on any atom is 0.242 e. The van der Waals surface area contributed by atoms with E-state index in [9.17, 15) is 9.59 Å². The van der Waals surface area contributed by atoms with Crippen LogP contribution in [0.2, 0.25) is 0 Å². The topological polar surface area (TPSA) is 65.5 Å². The molecule has 2 aliphatic heterocycles. The average molecular weight is 471 g/mol. The normalized spacial score (nSPS) is 20.7. The first-order chi connectivity index (χ1) is 16.7. The zero-order valence-corrected chi connectivity index (χ0v) is 21.4. The summed E-state index contributed by atoms with van der Waals surface area (Å²) in [4.78, 5) is 34.5. The molecule has 3 rings (SSSR count). The molecule has 2 amide bonds. The molecule has 0 spiro atoms. The molecule has 2 saturated heterocycles. The van der Waals surface area contributed by atoms with Crippen LogP contribution in [0.4, 0.5) is 0 Å². The lowest BCUT2D eigenvalue weighted by atomic mass is 10.1. The Labute approximate surface area is 206 Å². The smallest absolute Gasteiger partial charge is 0.242 e. The number of nitrogens with one attached hydrogen (secondary N) is 1. The maximum atomic E-state index is 13.4. The summed E-state index contributed by atoms with van der Waals surface area (Å²) in [6.07, 6.45) is 20.1. The highest BCUT2D eigenvalue weighted by Gasteiger charge is 2.40. The van der Waals surface area contributed by atoms with Crippen molar-refractivity contribution in [2.75, 3.05) is 19.6 Å².